The van der Waals surface area contributed by atoms with Crippen molar-refractivity contribution in [1.29, 1.82) is 0 Å². The van der Waals surface area contributed by atoms with E-state index in [-0.39, 0.29) is 29.2 Å². The van der Waals surface area contributed by atoms with Crippen molar-refractivity contribution in [2.45, 2.75) is 13.0 Å². The Morgan fingerprint density at radius 2 is 2.47 bits per heavy atom. The number of hydrogen-bond acceptors (Lipinski definition) is 5. The van der Waals surface area contributed by atoms with Crippen molar-refractivity contribution in [1.82, 2.24) is 15.2 Å². The summed E-state index contributed by atoms with van der Waals surface area (Å²) in [5.74, 6) is 4.24. The molecule has 0 aliphatic carbocycles. The van der Waals surface area contributed by atoms with Crippen LogP contribution < -0.4 is 11.3 Å². The van der Waals surface area contributed by atoms with Crippen LogP contribution in [0.15, 0.2) is 10.7 Å². The molecule has 82 valence electrons. The summed E-state index contributed by atoms with van der Waals surface area (Å²) in [6.45, 7) is 0.232. The number of nitrogens with two attached hydrogens (primary N) is 1. The Morgan fingerprint density at radius 3 is 2.93 bits per heavy atom. The zero-order chi connectivity index (χ0) is 11.4. The van der Waals surface area contributed by atoms with E-state index in [1.807, 2.05) is 5.43 Å². The SMILES string of the molecule is NNC(=O)CCn1cc(Br)c([N+](=O)[O-])n1. The predicted molar refractivity (Wildman–Crippen MR) is 53.5 cm³/mol. The zero-order valence-electron chi connectivity index (χ0n) is 7.51. The summed E-state index contributed by atoms with van der Waals surface area (Å²) >= 11 is 2.99. The van der Waals surface area contributed by atoms with Gasteiger partial charge in [-0.1, -0.05) is 0 Å². The number of nitro groups is 1. The molecule has 0 aliphatic rings. The van der Waals surface area contributed by atoms with Crippen LogP contribution in [0.3, 0.4) is 0 Å². The molecule has 1 aromatic heterocycles. The van der Waals surface area contributed by atoms with Gasteiger partial charge in [-0.3, -0.25) is 10.2 Å². The Balaban J connectivity index is 2.67. The molecule has 1 amide bonds. The van der Waals surface area contributed by atoms with E-state index in [2.05, 4.69) is 21.0 Å². The van der Waals surface area contributed by atoms with E-state index in [9.17, 15) is 14.9 Å². The first kappa shape index (κ1) is 11.6. The number of carbonyl (C=O) groups excluding carboxylic acids is 1. The summed E-state index contributed by atoms with van der Waals surface area (Å²) < 4.78 is 1.58. The largest absolute Gasteiger partial charge is 0.404 e. The first-order valence-electron chi connectivity index (χ1n) is 3.91. The first-order valence-corrected chi connectivity index (χ1v) is 4.70. The molecule has 0 saturated heterocycles. The van der Waals surface area contributed by atoms with Gasteiger partial charge in [-0.05, 0) is 20.9 Å². The van der Waals surface area contributed by atoms with E-state index < -0.39 is 4.92 Å². The molecular formula is C6H8BrN5O3. The van der Waals surface area contributed by atoms with Gasteiger partial charge >= 0.3 is 5.82 Å². The van der Waals surface area contributed by atoms with Crippen LogP contribution in [0.5, 0.6) is 0 Å². The number of amides is 1. The molecule has 0 aromatic carbocycles. The lowest BCUT2D eigenvalue weighted by Gasteiger charge is -1.96. The Hall–Kier alpha value is -1.48. The number of nitrogens with zero attached hydrogens (tertiary/aromatic N) is 3. The summed E-state index contributed by atoms with van der Waals surface area (Å²) in [6.07, 6.45) is 1.55. The fraction of sp³-hybridized carbons (Fsp3) is 0.333. The standard InChI is InChI=1S/C6H8BrN5O3/c7-4-3-11(2-1-5(13)9-8)10-6(4)12(14)15/h3H,1-2,8H2,(H,9,13). The third kappa shape index (κ3) is 2.99. The Bertz CT molecular complexity index is 390. The summed E-state index contributed by atoms with van der Waals surface area (Å²) in [5, 5.41) is 14.1. The second kappa shape index (κ2) is 4.84. The van der Waals surface area contributed by atoms with E-state index in [1.165, 1.54) is 10.9 Å². The van der Waals surface area contributed by atoms with Gasteiger partial charge in [0, 0.05) is 6.42 Å². The fourth-order valence-electron chi connectivity index (χ4n) is 0.913. The molecule has 1 aromatic rings. The van der Waals surface area contributed by atoms with Crippen molar-refractivity contribution >= 4 is 27.7 Å². The van der Waals surface area contributed by atoms with Crippen molar-refractivity contribution in [2.24, 2.45) is 5.84 Å². The van der Waals surface area contributed by atoms with E-state index in [0.717, 1.165) is 0 Å². The number of halogens is 1. The van der Waals surface area contributed by atoms with Crippen LogP contribution in [0.25, 0.3) is 0 Å². The van der Waals surface area contributed by atoms with Gasteiger partial charge in [0.05, 0.1) is 17.8 Å². The van der Waals surface area contributed by atoms with Gasteiger partial charge in [-0.2, -0.15) is 4.68 Å². The number of rotatable bonds is 4. The monoisotopic (exact) mass is 277 g/mol. The second-order valence-corrected chi connectivity index (χ2v) is 3.49. The number of aryl methyl sites for hydroxylation is 1. The van der Waals surface area contributed by atoms with Crippen molar-refractivity contribution in [3.8, 4) is 0 Å². The van der Waals surface area contributed by atoms with Gasteiger partial charge in [0.25, 0.3) is 0 Å². The van der Waals surface area contributed by atoms with Gasteiger partial charge in [0.1, 0.15) is 4.47 Å². The lowest BCUT2D eigenvalue weighted by molar-refractivity contribution is -0.390. The molecule has 9 heteroatoms. The Kier molecular flexibility index (Phi) is 3.74. The quantitative estimate of drug-likeness (QED) is 0.346. The van der Waals surface area contributed by atoms with Crippen LogP contribution in [0, 0.1) is 10.1 Å². The van der Waals surface area contributed by atoms with Crippen molar-refractivity contribution in [3.63, 3.8) is 0 Å². The molecule has 0 radical (unpaired) electrons. The molecule has 0 unspecified atom stereocenters. The van der Waals surface area contributed by atoms with E-state index in [1.54, 1.807) is 0 Å². The third-order valence-corrected chi connectivity index (χ3v) is 2.16. The van der Waals surface area contributed by atoms with Gasteiger partial charge < -0.3 is 10.1 Å². The third-order valence-electron chi connectivity index (χ3n) is 1.60. The van der Waals surface area contributed by atoms with Crippen LogP contribution in [-0.2, 0) is 11.3 Å². The minimum atomic E-state index is -0.608. The molecule has 0 aliphatic heterocycles. The van der Waals surface area contributed by atoms with Gasteiger partial charge in [0.15, 0.2) is 0 Å². The number of nitrogens with one attached hydrogen (secondary N) is 1. The summed E-state index contributed by atoms with van der Waals surface area (Å²) in [7, 11) is 0. The average Bonchev–Trinajstić information content (AvgIpc) is 2.56. The zero-order valence-corrected chi connectivity index (χ0v) is 9.10. The highest BCUT2D eigenvalue weighted by atomic mass is 79.9. The molecule has 0 spiro atoms. The molecule has 0 saturated carbocycles. The number of carbonyl (C=O) groups is 1. The van der Waals surface area contributed by atoms with Crippen molar-refractivity contribution in [2.75, 3.05) is 0 Å². The maximum absolute atomic E-state index is 10.8. The summed E-state index contributed by atoms with van der Waals surface area (Å²) in [4.78, 5) is 20.6. The highest BCUT2D eigenvalue weighted by Gasteiger charge is 2.18. The lowest BCUT2D eigenvalue weighted by Crippen LogP contribution is -2.30. The van der Waals surface area contributed by atoms with Gasteiger partial charge in [-0.25, -0.2) is 5.84 Å². The number of hydrazine groups is 1. The molecule has 3 N–H and O–H groups in total. The second-order valence-electron chi connectivity index (χ2n) is 2.64. The highest BCUT2D eigenvalue weighted by molar-refractivity contribution is 9.10. The molecule has 0 atom stereocenters. The Morgan fingerprint density at radius 1 is 1.80 bits per heavy atom. The van der Waals surface area contributed by atoms with Crippen LogP contribution >= 0.6 is 15.9 Å². The van der Waals surface area contributed by atoms with Crippen molar-refractivity contribution < 1.29 is 9.72 Å². The van der Waals surface area contributed by atoms with Crippen molar-refractivity contribution in [3.05, 3.63) is 20.8 Å². The molecule has 8 nitrogen and oxygen atoms in total. The van der Waals surface area contributed by atoms with Crippen LogP contribution in [0.4, 0.5) is 5.82 Å². The lowest BCUT2D eigenvalue weighted by atomic mass is 10.4. The van der Waals surface area contributed by atoms with Crippen LogP contribution in [0.1, 0.15) is 6.42 Å². The summed E-state index contributed by atoms with van der Waals surface area (Å²) in [6, 6.07) is 0. The topological polar surface area (TPSA) is 116 Å². The first-order chi connectivity index (χ1) is 7.04. The van der Waals surface area contributed by atoms with Crippen LogP contribution in [0.2, 0.25) is 0 Å². The van der Waals surface area contributed by atoms with E-state index in [0.29, 0.717) is 0 Å². The average molecular weight is 278 g/mol. The maximum Gasteiger partial charge on any atom is 0.404 e. The number of hydrogen-bond donors (Lipinski definition) is 2. The van der Waals surface area contributed by atoms with Crippen LogP contribution in [-0.4, -0.2) is 20.6 Å². The normalized spacial score (nSPS) is 10.0. The number of aromatic nitrogens is 2. The Labute approximate surface area is 92.7 Å². The molecular weight excluding hydrogens is 270 g/mol. The highest BCUT2D eigenvalue weighted by Crippen LogP contribution is 2.21. The predicted octanol–water partition coefficient (Wildman–Crippen LogP) is -0.0662. The molecule has 1 heterocycles. The smallest absolute Gasteiger partial charge is 0.358 e. The molecule has 0 bridgehead atoms. The minimum absolute atomic E-state index is 0.113. The fourth-order valence-corrected chi connectivity index (χ4v) is 1.37. The molecule has 1 rings (SSSR count). The van der Waals surface area contributed by atoms with E-state index in [4.69, 9.17) is 5.84 Å². The van der Waals surface area contributed by atoms with E-state index >= 15 is 0 Å². The maximum atomic E-state index is 10.8. The summed E-state index contributed by atoms with van der Waals surface area (Å²) in [5.41, 5.74) is 1.95. The molecule has 0 fully saturated rings. The van der Waals surface area contributed by atoms with Gasteiger partial charge in [0.2, 0.25) is 5.91 Å². The van der Waals surface area contributed by atoms with Gasteiger partial charge in [-0.15, -0.1) is 0 Å². The molecule has 15 heavy (non-hydrogen) atoms. The minimum Gasteiger partial charge on any atom is -0.358 e.